The first kappa shape index (κ1) is 8.51. The molecule has 1 fully saturated rings. The summed E-state index contributed by atoms with van der Waals surface area (Å²) in [5.41, 5.74) is -0.208. The topological polar surface area (TPSA) is 45.0 Å². The normalized spacial score (nSPS) is 22.5. The monoisotopic (exact) mass is 154 g/mol. The SMILES string of the molecule is COCC1(C#N)CCNCC1. The molecule has 0 spiro atoms. The molecule has 0 aliphatic carbocycles. The number of nitrogens with zero attached hydrogens (tertiary/aromatic N) is 1. The van der Waals surface area contributed by atoms with Gasteiger partial charge >= 0.3 is 0 Å². The van der Waals surface area contributed by atoms with Crippen molar-refractivity contribution >= 4 is 0 Å². The molecule has 1 heterocycles. The highest BCUT2D eigenvalue weighted by atomic mass is 16.5. The molecule has 11 heavy (non-hydrogen) atoms. The molecule has 3 heteroatoms. The molecule has 0 saturated carbocycles. The van der Waals surface area contributed by atoms with Gasteiger partial charge in [-0.3, -0.25) is 0 Å². The molecule has 0 aromatic carbocycles. The maximum Gasteiger partial charge on any atom is 0.0830 e. The van der Waals surface area contributed by atoms with E-state index in [1.165, 1.54) is 0 Å². The van der Waals surface area contributed by atoms with E-state index < -0.39 is 0 Å². The van der Waals surface area contributed by atoms with E-state index in [1.54, 1.807) is 7.11 Å². The predicted octanol–water partition coefficient (Wildman–Crippen LogP) is 0.526. The van der Waals surface area contributed by atoms with Crippen LogP contribution in [0.25, 0.3) is 0 Å². The molecule has 1 aliphatic heterocycles. The van der Waals surface area contributed by atoms with Gasteiger partial charge in [-0.25, -0.2) is 0 Å². The second-order valence-corrected chi connectivity index (χ2v) is 3.08. The minimum Gasteiger partial charge on any atom is -0.383 e. The number of methoxy groups -OCH3 is 1. The standard InChI is InChI=1S/C8H14N2O/c1-11-7-8(6-9)2-4-10-5-3-8/h10H,2-5,7H2,1H3. The second kappa shape index (κ2) is 3.70. The van der Waals surface area contributed by atoms with Crippen LogP contribution < -0.4 is 5.32 Å². The molecule has 1 N–H and O–H groups in total. The summed E-state index contributed by atoms with van der Waals surface area (Å²) in [5.74, 6) is 0. The fourth-order valence-electron chi connectivity index (χ4n) is 1.47. The van der Waals surface area contributed by atoms with Gasteiger partial charge in [-0.05, 0) is 25.9 Å². The van der Waals surface area contributed by atoms with Crippen molar-refractivity contribution in [3.8, 4) is 6.07 Å². The highest BCUT2D eigenvalue weighted by molar-refractivity contribution is 5.01. The maximum atomic E-state index is 8.91. The van der Waals surface area contributed by atoms with Gasteiger partial charge in [0, 0.05) is 7.11 Å². The summed E-state index contributed by atoms with van der Waals surface area (Å²) in [4.78, 5) is 0. The highest BCUT2D eigenvalue weighted by Crippen LogP contribution is 2.27. The molecule has 0 bridgehead atoms. The zero-order valence-corrected chi connectivity index (χ0v) is 6.89. The Hall–Kier alpha value is -0.590. The van der Waals surface area contributed by atoms with Crippen molar-refractivity contribution < 1.29 is 4.74 Å². The van der Waals surface area contributed by atoms with Crippen LogP contribution in [0.15, 0.2) is 0 Å². The van der Waals surface area contributed by atoms with Gasteiger partial charge in [0.25, 0.3) is 0 Å². The average molecular weight is 154 g/mol. The van der Waals surface area contributed by atoms with Crippen LogP contribution >= 0.6 is 0 Å². The summed E-state index contributed by atoms with van der Waals surface area (Å²) in [7, 11) is 1.65. The van der Waals surface area contributed by atoms with Gasteiger partial charge in [0.2, 0.25) is 0 Å². The Morgan fingerprint density at radius 3 is 2.64 bits per heavy atom. The van der Waals surface area contributed by atoms with Gasteiger partial charge in [0.1, 0.15) is 0 Å². The van der Waals surface area contributed by atoms with E-state index in [2.05, 4.69) is 11.4 Å². The van der Waals surface area contributed by atoms with Gasteiger partial charge < -0.3 is 10.1 Å². The first-order valence-electron chi connectivity index (χ1n) is 3.94. The molecular formula is C8H14N2O. The molecule has 0 unspecified atom stereocenters. The largest absolute Gasteiger partial charge is 0.383 e. The maximum absolute atomic E-state index is 8.91. The summed E-state index contributed by atoms with van der Waals surface area (Å²) in [6, 6.07) is 2.35. The van der Waals surface area contributed by atoms with Gasteiger partial charge in [-0.15, -0.1) is 0 Å². The minimum atomic E-state index is -0.208. The Morgan fingerprint density at radius 2 is 2.18 bits per heavy atom. The third-order valence-electron chi connectivity index (χ3n) is 2.22. The van der Waals surface area contributed by atoms with E-state index in [4.69, 9.17) is 10.00 Å². The zero-order valence-electron chi connectivity index (χ0n) is 6.89. The predicted molar refractivity (Wildman–Crippen MR) is 42.0 cm³/mol. The Bertz CT molecular complexity index is 150. The molecular weight excluding hydrogens is 140 g/mol. The Labute approximate surface area is 67.3 Å². The van der Waals surface area contributed by atoms with Crippen molar-refractivity contribution in [1.82, 2.24) is 5.32 Å². The average Bonchev–Trinajstić information content (AvgIpc) is 2.07. The van der Waals surface area contributed by atoms with Crippen LogP contribution in [0, 0.1) is 16.7 Å². The lowest BCUT2D eigenvalue weighted by molar-refractivity contribution is 0.0937. The molecule has 1 rings (SSSR count). The van der Waals surface area contributed by atoms with Crippen LogP contribution in [-0.2, 0) is 4.74 Å². The van der Waals surface area contributed by atoms with Crippen molar-refractivity contribution in [2.24, 2.45) is 5.41 Å². The van der Waals surface area contributed by atoms with Crippen molar-refractivity contribution in [1.29, 1.82) is 5.26 Å². The summed E-state index contributed by atoms with van der Waals surface area (Å²) >= 11 is 0. The molecule has 0 aromatic heterocycles. The lowest BCUT2D eigenvalue weighted by atomic mass is 9.81. The summed E-state index contributed by atoms with van der Waals surface area (Å²) < 4.78 is 5.03. The fraction of sp³-hybridized carbons (Fsp3) is 0.875. The minimum absolute atomic E-state index is 0.208. The Kier molecular flexibility index (Phi) is 2.86. The highest BCUT2D eigenvalue weighted by Gasteiger charge is 2.31. The number of rotatable bonds is 2. The zero-order chi connectivity index (χ0) is 8.16. The van der Waals surface area contributed by atoms with E-state index in [9.17, 15) is 0 Å². The van der Waals surface area contributed by atoms with Gasteiger partial charge in [-0.2, -0.15) is 5.26 Å². The fourth-order valence-corrected chi connectivity index (χ4v) is 1.47. The number of hydrogen-bond donors (Lipinski definition) is 1. The van der Waals surface area contributed by atoms with E-state index in [-0.39, 0.29) is 5.41 Å². The van der Waals surface area contributed by atoms with Crippen molar-refractivity contribution in [2.45, 2.75) is 12.8 Å². The molecule has 3 nitrogen and oxygen atoms in total. The van der Waals surface area contributed by atoms with Gasteiger partial charge in [0.15, 0.2) is 0 Å². The first-order chi connectivity index (χ1) is 5.33. The Morgan fingerprint density at radius 1 is 1.55 bits per heavy atom. The quantitative estimate of drug-likeness (QED) is 0.631. The summed E-state index contributed by atoms with van der Waals surface area (Å²) in [6.45, 7) is 2.46. The molecule has 1 aliphatic rings. The third-order valence-corrected chi connectivity index (χ3v) is 2.22. The van der Waals surface area contributed by atoms with Crippen molar-refractivity contribution in [3.63, 3.8) is 0 Å². The second-order valence-electron chi connectivity index (χ2n) is 3.08. The van der Waals surface area contributed by atoms with Gasteiger partial charge in [-0.1, -0.05) is 0 Å². The Balaban J connectivity index is 2.51. The number of ether oxygens (including phenoxy) is 1. The molecule has 0 aromatic rings. The first-order valence-corrected chi connectivity index (χ1v) is 3.94. The smallest absolute Gasteiger partial charge is 0.0830 e. The van der Waals surface area contributed by atoms with Crippen molar-refractivity contribution in [3.05, 3.63) is 0 Å². The lowest BCUT2D eigenvalue weighted by Crippen LogP contribution is -2.38. The number of nitriles is 1. The lowest BCUT2D eigenvalue weighted by Gasteiger charge is -2.30. The van der Waals surface area contributed by atoms with Crippen LogP contribution in [0.3, 0.4) is 0 Å². The summed E-state index contributed by atoms with van der Waals surface area (Å²) in [5, 5.41) is 12.1. The van der Waals surface area contributed by atoms with Crippen molar-refractivity contribution in [2.75, 3.05) is 26.8 Å². The number of nitrogens with one attached hydrogen (secondary N) is 1. The van der Waals surface area contributed by atoms with E-state index >= 15 is 0 Å². The van der Waals surface area contributed by atoms with Crippen LogP contribution in [0.4, 0.5) is 0 Å². The van der Waals surface area contributed by atoms with Crippen LogP contribution in [-0.4, -0.2) is 26.8 Å². The number of hydrogen-bond acceptors (Lipinski definition) is 3. The van der Waals surface area contributed by atoms with E-state index in [1.807, 2.05) is 0 Å². The van der Waals surface area contributed by atoms with Crippen LogP contribution in [0.5, 0.6) is 0 Å². The van der Waals surface area contributed by atoms with E-state index in [0.29, 0.717) is 6.61 Å². The molecule has 0 radical (unpaired) electrons. The van der Waals surface area contributed by atoms with E-state index in [0.717, 1.165) is 25.9 Å². The third kappa shape index (κ3) is 1.92. The molecule has 62 valence electrons. The molecule has 0 amide bonds. The number of piperidine rings is 1. The molecule has 0 atom stereocenters. The van der Waals surface area contributed by atoms with Crippen LogP contribution in [0.1, 0.15) is 12.8 Å². The van der Waals surface area contributed by atoms with Gasteiger partial charge in [0.05, 0.1) is 18.1 Å². The summed E-state index contributed by atoms with van der Waals surface area (Å²) in [6.07, 6.45) is 1.83. The van der Waals surface area contributed by atoms with Crippen LogP contribution in [0.2, 0.25) is 0 Å². The molecule has 1 saturated heterocycles.